The highest BCUT2D eigenvalue weighted by molar-refractivity contribution is 5.85. The molecule has 0 saturated heterocycles. The Balaban J connectivity index is 2.57. The molecule has 2 aromatic rings. The number of methoxy groups -OCH3 is 1. The fourth-order valence-electron chi connectivity index (χ4n) is 1.82. The molecule has 0 saturated carbocycles. The minimum atomic E-state index is 0.629. The third kappa shape index (κ3) is 2.41. The number of hydrogen-bond donors (Lipinski definition) is 0. The van der Waals surface area contributed by atoms with Gasteiger partial charge in [-0.1, -0.05) is 54.6 Å². The smallest absolute Gasteiger partial charge is 0.195 e. The fourth-order valence-corrected chi connectivity index (χ4v) is 1.82. The molecule has 88 valence electrons. The van der Waals surface area contributed by atoms with E-state index < -0.39 is 0 Å². The average molecular weight is 235 g/mol. The van der Waals surface area contributed by atoms with Crippen LogP contribution in [-0.2, 0) is 4.74 Å². The Kier molecular flexibility index (Phi) is 3.78. The second kappa shape index (κ2) is 5.70. The van der Waals surface area contributed by atoms with Crippen molar-refractivity contribution in [1.29, 1.82) is 0 Å². The van der Waals surface area contributed by atoms with Gasteiger partial charge in [-0.05, 0) is 11.1 Å². The topological polar surface area (TPSA) is 13.6 Å². The molecule has 0 N–H and O–H groups in total. The molecule has 0 spiro atoms. The minimum absolute atomic E-state index is 0.629. The minimum Gasteiger partial charge on any atom is -0.504 e. The molecule has 0 aromatic heterocycles. The number of hydrogen-bond acceptors (Lipinski definition) is 1. The first-order valence-corrected chi connectivity index (χ1v) is 5.62. The standard InChI is InChI=1S/C16H13NO/c1-17-16-11-7-6-10-14(16)15(12-18-2)13-8-4-3-5-9-13/h3-12H,2H3/b15-12+. The Hall–Kier alpha value is -2.53. The van der Waals surface area contributed by atoms with Crippen LogP contribution in [0.15, 0.2) is 60.9 Å². The van der Waals surface area contributed by atoms with Gasteiger partial charge in [0.1, 0.15) is 0 Å². The lowest BCUT2D eigenvalue weighted by molar-refractivity contribution is 0.340. The van der Waals surface area contributed by atoms with Crippen LogP contribution in [0.2, 0.25) is 0 Å². The highest BCUT2D eigenvalue weighted by Crippen LogP contribution is 2.31. The van der Waals surface area contributed by atoms with Gasteiger partial charge in [-0.25, -0.2) is 4.85 Å². The monoisotopic (exact) mass is 235 g/mol. The summed E-state index contributed by atoms with van der Waals surface area (Å²) in [7, 11) is 1.61. The summed E-state index contributed by atoms with van der Waals surface area (Å²) < 4.78 is 5.15. The maximum atomic E-state index is 7.23. The van der Waals surface area contributed by atoms with Crippen LogP contribution in [0.1, 0.15) is 11.1 Å². The Labute approximate surface area is 107 Å². The third-order valence-corrected chi connectivity index (χ3v) is 2.64. The maximum Gasteiger partial charge on any atom is 0.195 e. The van der Waals surface area contributed by atoms with E-state index >= 15 is 0 Å². The summed E-state index contributed by atoms with van der Waals surface area (Å²) in [4.78, 5) is 3.55. The van der Waals surface area contributed by atoms with Crippen molar-refractivity contribution in [1.82, 2.24) is 0 Å². The van der Waals surface area contributed by atoms with Crippen LogP contribution >= 0.6 is 0 Å². The number of ether oxygens (including phenoxy) is 1. The highest BCUT2D eigenvalue weighted by atomic mass is 16.5. The number of nitrogens with zero attached hydrogens (tertiary/aromatic N) is 1. The van der Waals surface area contributed by atoms with Gasteiger partial charge in [-0.3, -0.25) is 0 Å². The molecule has 0 atom stereocenters. The van der Waals surface area contributed by atoms with Crippen LogP contribution in [-0.4, -0.2) is 7.11 Å². The van der Waals surface area contributed by atoms with E-state index in [0.717, 1.165) is 16.7 Å². The van der Waals surface area contributed by atoms with Crippen LogP contribution in [0.5, 0.6) is 0 Å². The van der Waals surface area contributed by atoms with Gasteiger partial charge < -0.3 is 4.74 Å². The first kappa shape index (κ1) is 11.9. The van der Waals surface area contributed by atoms with Crippen LogP contribution in [0.3, 0.4) is 0 Å². The lowest BCUT2D eigenvalue weighted by Crippen LogP contribution is -1.89. The normalized spacial score (nSPS) is 10.8. The molecule has 0 aliphatic carbocycles. The van der Waals surface area contributed by atoms with E-state index in [4.69, 9.17) is 11.3 Å². The van der Waals surface area contributed by atoms with Crippen molar-refractivity contribution in [2.45, 2.75) is 0 Å². The van der Waals surface area contributed by atoms with Gasteiger partial charge in [0.2, 0.25) is 0 Å². The third-order valence-electron chi connectivity index (χ3n) is 2.64. The second-order valence-electron chi connectivity index (χ2n) is 3.76. The molecule has 0 heterocycles. The molecular weight excluding hydrogens is 222 g/mol. The van der Waals surface area contributed by atoms with Gasteiger partial charge in [0.15, 0.2) is 5.69 Å². The van der Waals surface area contributed by atoms with Crippen LogP contribution in [0, 0.1) is 6.57 Å². The quantitative estimate of drug-likeness (QED) is 0.572. The molecule has 0 aliphatic heterocycles. The van der Waals surface area contributed by atoms with Gasteiger partial charge in [0.05, 0.1) is 19.9 Å². The van der Waals surface area contributed by atoms with E-state index in [9.17, 15) is 0 Å². The second-order valence-corrected chi connectivity index (χ2v) is 3.76. The lowest BCUT2D eigenvalue weighted by atomic mass is 9.98. The number of rotatable bonds is 3. The summed E-state index contributed by atoms with van der Waals surface area (Å²) >= 11 is 0. The molecule has 2 nitrogen and oxygen atoms in total. The van der Waals surface area contributed by atoms with E-state index in [-0.39, 0.29) is 0 Å². The Morgan fingerprint density at radius 1 is 1.06 bits per heavy atom. The summed E-state index contributed by atoms with van der Waals surface area (Å²) in [6.07, 6.45) is 1.68. The van der Waals surface area contributed by atoms with Crippen molar-refractivity contribution in [2.24, 2.45) is 0 Å². The molecule has 2 heteroatoms. The molecule has 18 heavy (non-hydrogen) atoms. The average Bonchev–Trinajstić information content (AvgIpc) is 2.46. The first-order chi connectivity index (χ1) is 8.86. The van der Waals surface area contributed by atoms with E-state index in [2.05, 4.69) is 4.85 Å². The van der Waals surface area contributed by atoms with Gasteiger partial charge in [0, 0.05) is 5.57 Å². The van der Waals surface area contributed by atoms with E-state index in [1.807, 2.05) is 54.6 Å². The van der Waals surface area contributed by atoms with Crippen molar-refractivity contribution in [3.63, 3.8) is 0 Å². The predicted molar refractivity (Wildman–Crippen MR) is 73.2 cm³/mol. The summed E-state index contributed by atoms with van der Waals surface area (Å²) in [5.41, 5.74) is 3.48. The van der Waals surface area contributed by atoms with E-state index in [0.29, 0.717) is 5.69 Å². The van der Waals surface area contributed by atoms with Gasteiger partial charge in [-0.2, -0.15) is 0 Å². The summed E-state index contributed by atoms with van der Waals surface area (Å²) in [6, 6.07) is 17.5. The van der Waals surface area contributed by atoms with E-state index in [1.54, 1.807) is 13.4 Å². The number of para-hydroxylation sites is 1. The first-order valence-electron chi connectivity index (χ1n) is 5.62. The van der Waals surface area contributed by atoms with Gasteiger partial charge in [0.25, 0.3) is 0 Å². The Bertz CT molecular complexity index is 594. The zero-order valence-electron chi connectivity index (χ0n) is 10.1. The molecule has 0 aliphatic rings. The molecule has 2 aromatic carbocycles. The summed E-state index contributed by atoms with van der Waals surface area (Å²) in [6.45, 7) is 7.23. The van der Waals surface area contributed by atoms with Crippen molar-refractivity contribution in [3.05, 3.63) is 83.4 Å². The van der Waals surface area contributed by atoms with Crippen molar-refractivity contribution in [3.8, 4) is 0 Å². The molecule has 0 unspecified atom stereocenters. The molecule has 0 bridgehead atoms. The largest absolute Gasteiger partial charge is 0.504 e. The van der Waals surface area contributed by atoms with Crippen LogP contribution in [0.4, 0.5) is 5.69 Å². The highest BCUT2D eigenvalue weighted by Gasteiger charge is 2.09. The Morgan fingerprint density at radius 2 is 1.72 bits per heavy atom. The molecule has 2 rings (SSSR count). The van der Waals surface area contributed by atoms with Gasteiger partial charge >= 0.3 is 0 Å². The van der Waals surface area contributed by atoms with Crippen LogP contribution < -0.4 is 0 Å². The maximum absolute atomic E-state index is 7.23. The van der Waals surface area contributed by atoms with Crippen molar-refractivity contribution < 1.29 is 4.74 Å². The number of benzene rings is 2. The van der Waals surface area contributed by atoms with Crippen molar-refractivity contribution >= 4 is 11.3 Å². The zero-order valence-corrected chi connectivity index (χ0v) is 10.1. The van der Waals surface area contributed by atoms with Crippen molar-refractivity contribution in [2.75, 3.05) is 7.11 Å². The summed E-state index contributed by atoms with van der Waals surface area (Å²) in [5, 5.41) is 0. The fraction of sp³-hybridized carbons (Fsp3) is 0.0625. The molecule has 0 radical (unpaired) electrons. The Morgan fingerprint density at radius 3 is 2.39 bits per heavy atom. The SMILES string of the molecule is [C-]#[N+]c1ccccc1/C(=C/OC)c1ccccc1. The van der Waals surface area contributed by atoms with Gasteiger partial charge in [-0.15, -0.1) is 0 Å². The molecule has 0 amide bonds. The molecule has 0 fully saturated rings. The predicted octanol–water partition coefficient (Wildman–Crippen LogP) is 4.27. The van der Waals surface area contributed by atoms with E-state index in [1.165, 1.54) is 0 Å². The van der Waals surface area contributed by atoms with Crippen LogP contribution in [0.25, 0.3) is 10.4 Å². The zero-order chi connectivity index (χ0) is 12.8. The lowest BCUT2D eigenvalue weighted by Gasteiger charge is -2.09. The molecular formula is C16H13NO. The summed E-state index contributed by atoms with van der Waals surface area (Å²) in [5.74, 6) is 0.